The molecule has 0 saturated heterocycles. The summed E-state index contributed by atoms with van der Waals surface area (Å²) < 4.78 is 0. The molecule has 7 heteroatoms. The topological polar surface area (TPSA) is 54.9 Å². The minimum absolute atomic E-state index is 0.0918. The van der Waals surface area contributed by atoms with Crippen molar-refractivity contribution in [2.75, 3.05) is 0 Å². The highest BCUT2D eigenvalue weighted by molar-refractivity contribution is 7.09. The Morgan fingerprint density at radius 2 is 2.24 bits per heavy atom. The number of pyridine rings is 1. The standard InChI is InChI=1S/C10H7Cl2N3OS/c11-7-2-1-6(9(12)15-7)10(16)14-5-8-13-3-4-17-8/h1-4H,5H2,(H,14,16). The normalized spacial score (nSPS) is 10.2. The summed E-state index contributed by atoms with van der Waals surface area (Å²) in [7, 11) is 0. The van der Waals surface area contributed by atoms with E-state index in [0.29, 0.717) is 12.1 Å². The van der Waals surface area contributed by atoms with E-state index in [1.807, 2.05) is 5.38 Å². The van der Waals surface area contributed by atoms with Gasteiger partial charge in [-0.3, -0.25) is 4.79 Å². The number of hydrogen-bond donors (Lipinski definition) is 1. The summed E-state index contributed by atoms with van der Waals surface area (Å²) in [5.41, 5.74) is 0.299. The van der Waals surface area contributed by atoms with E-state index in [4.69, 9.17) is 23.2 Å². The predicted molar refractivity (Wildman–Crippen MR) is 67.5 cm³/mol. The van der Waals surface area contributed by atoms with Crippen molar-refractivity contribution in [1.29, 1.82) is 0 Å². The molecule has 0 saturated carbocycles. The van der Waals surface area contributed by atoms with E-state index in [0.717, 1.165) is 5.01 Å². The van der Waals surface area contributed by atoms with Crippen LogP contribution in [0, 0.1) is 0 Å². The second-order valence-corrected chi connectivity index (χ2v) is 4.81. The SMILES string of the molecule is O=C(NCc1nccs1)c1ccc(Cl)nc1Cl. The van der Waals surface area contributed by atoms with Crippen LogP contribution in [0.2, 0.25) is 10.3 Å². The molecule has 2 aromatic rings. The van der Waals surface area contributed by atoms with Gasteiger partial charge in [0.25, 0.3) is 5.91 Å². The van der Waals surface area contributed by atoms with Gasteiger partial charge in [0.1, 0.15) is 15.3 Å². The zero-order valence-corrected chi connectivity index (χ0v) is 10.8. The maximum Gasteiger partial charge on any atom is 0.254 e. The van der Waals surface area contributed by atoms with Gasteiger partial charge in [0.2, 0.25) is 0 Å². The Labute approximate surface area is 112 Å². The molecule has 2 heterocycles. The van der Waals surface area contributed by atoms with Crippen molar-refractivity contribution in [3.05, 3.63) is 44.6 Å². The largest absolute Gasteiger partial charge is 0.345 e. The molecule has 0 bridgehead atoms. The molecule has 1 amide bonds. The average Bonchev–Trinajstić information content (AvgIpc) is 2.78. The zero-order chi connectivity index (χ0) is 12.3. The average molecular weight is 288 g/mol. The maximum atomic E-state index is 11.8. The molecule has 0 aliphatic carbocycles. The van der Waals surface area contributed by atoms with E-state index >= 15 is 0 Å². The first-order chi connectivity index (χ1) is 8.16. The predicted octanol–water partition coefficient (Wildman–Crippen LogP) is 2.77. The summed E-state index contributed by atoms with van der Waals surface area (Å²) in [6.07, 6.45) is 1.68. The fraction of sp³-hybridized carbons (Fsp3) is 0.100. The maximum absolute atomic E-state index is 11.8. The molecule has 0 aromatic carbocycles. The van der Waals surface area contributed by atoms with Gasteiger partial charge in [-0.15, -0.1) is 11.3 Å². The van der Waals surface area contributed by atoms with Crippen LogP contribution in [-0.2, 0) is 6.54 Å². The Hall–Kier alpha value is -1.17. The zero-order valence-electron chi connectivity index (χ0n) is 8.48. The lowest BCUT2D eigenvalue weighted by Gasteiger charge is -2.04. The van der Waals surface area contributed by atoms with Crippen LogP contribution in [0.25, 0.3) is 0 Å². The summed E-state index contributed by atoms with van der Waals surface area (Å²) in [5, 5.41) is 5.73. The van der Waals surface area contributed by atoms with Gasteiger partial charge in [-0.2, -0.15) is 0 Å². The number of rotatable bonds is 3. The summed E-state index contributed by atoms with van der Waals surface area (Å²) >= 11 is 12.9. The van der Waals surface area contributed by atoms with E-state index in [9.17, 15) is 4.79 Å². The highest BCUT2D eigenvalue weighted by Crippen LogP contribution is 2.16. The lowest BCUT2D eigenvalue weighted by molar-refractivity contribution is 0.0950. The van der Waals surface area contributed by atoms with E-state index < -0.39 is 0 Å². The monoisotopic (exact) mass is 287 g/mol. The minimum Gasteiger partial charge on any atom is -0.345 e. The quantitative estimate of drug-likeness (QED) is 0.884. The van der Waals surface area contributed by atoms with Crippen molar-refractivity contribution in [3.63, 3.8) is 0 Å². The molecular formula is C10H7Cl2N3OS. The van der Waals surface area contributed by atoms with Crippen molar-refractivity contribution in [3.8, 4) is 0 Å². The van der Waals surface area contributed by atoms with Crippen molar-refractivity contribution in [1.82, 2.24) is 15.3 Å². The van der Waals surface area contributed by atoms with Crippen molar-refractivity contribution in [2.24, 2.45) is 0 Å². The molecule has 17 heavy (non-hydrogen) atoms. The third kappa shape index (κ3) is 3.15. The lowest BCUT2D eigenvalue weighted by Crippen LogP contribution is -2.23. The molecule has 4 nitrogen and oxygen atoms in total. The Bertz CT molecular complexity index is 530. The first-order valence-electron chi connectivity index (χ1n) is 4.65. The molecule has 1 N–H and O–H groups in total. The van der Waals surface area contributed by atoms with Crippen molar-refractivity contribution < 1.29 is 4.79 Å². The summed E-state index contributed by atoms with van der Waals surface area (Å²) in [5.74, 6) is -0.297. The fourth-order valence-corrected chi connectivity index (χ4v) is 2.16. The van der Waals surface area contributed by atoms with Gasteiger partial charge < -0.3 is 5.32 Å². The molecule has 0 spiro atoms. The molecule has 0 unspecified atom stereocenters. The first kappa shape index (κ1) is 12.3. The first-order valence-corrected chi connectivity index (χ1v) is 6.29. The summed E-state index contributed by atoms with van der Waals surface area (Å²) in [6.45, 7) is 0.370. The van der Waals surface area contributed by atoms with Crippen molar-refractivity contribution in [2.45, 2.75) is 6.54 Å². The summed E-state index contributed by atoms with van der Waals surface area (Å²) in [4.78, 5) is 19.6. The lowest BCUT2D eigenvalue weighted by atomic mass is 10.2. The van der Waals surface area contributed by atoms with Crippen LogP contribution in [0.1, 0.15) is 15.4 Å². The molecule has 88 valence electrons. The van der Waals surface area contributed by atoms with E-state index in [2.05, 4.69) is 15.3 Å². The molecule has 2 rings (SSSR count). The van der Waals surface area contributed by atoms with Crippen LogP contribution in [0.4, 0.5) is 0 Å². The highest BCUT2D eigenvalue weighted by Gasteiger charge is 2.11. The Balaban J connectivity index is 2.04. The minimum atomic E-state index is -0.297. The van der Waals surface area contributed by atoms with Crippen LogP contribution in [-0.4, -0.2) is 15.9 Å². The smallest absolute Gasteiger partial charge is 0.254 e. The van der Waals surface area contributed by atoms with Crippen molar-refractivity contribution >= 4 is 40.4 Å². The summed E-state index contributed by atoms with van der Waals surface area (Å²) in [6, 6.07) is 3.06. The number of amides is 1. The molecule has 2 aromatic heterocycles. The van der Waals surface area contributed by atoms with Gasteiger partial charge in [0.05, 0.1) is 12.1 Å². The van der Waals surface area contributed by atoms with Gasteiger partial charge in [0, 0.05) is 11.6 Å². The number of aromatic nitrogens is 2. The second kappa shape index (κ2) is 5.44. The molecule has 0 radical (unpaired) electrons. The van der Waals surface area contributed by atoms with Crippen LogP contribution >= 0.6 is 34.5 Å². The molecule has 0 aliphatic heterocycles. The Morgan fingerprint density at radius 3 is 2.88 bits per heavy atom. The number of hydrogen-bond acceptors (Lipinski definition) is 4. The van der Waals surface area contributed by atoms with Gasteiger partial charge in [-0.1, -0.05) is 23.2 Å². The van der Waals surface area contributed by atoms with E-state index in [-0.39, 0.29) is 16.2 Å². The Morgan fingerprint density at radius 1 is 1.41 bits per heavy atom. The van der Waals surface area contributed by atoms with Crippen LogP contribution < -0.4 is 5.32 Å². The number of halogens is 2. The number of nitrogens with zero attached hydrogens (tertiary/aromatic N) is 2. The number of carbonyl (C=O) groups excluding carboxylic acids is 1. The number of carbonyl (C=O) groups is 1. The molecular weight excluding hydrogens is 281 g/mol. The van der Waals surface area contributed by atoms with Gasteiger partial charge >= 0.3 is 0 Å². The molecule has 0 aliphatic rings. The Kier molecular flexibility index (Phi) is 3.93. The number of nitrogens with one attached hydrogen (secondary N) is 1. The van der Waals surface area contributed by atoms with Gasteiger partial charge in [-0.05, 0) is 12.1 Å². The van der Waals surface area contributed by atoms with Crippen LogP contribution in [0.5, 0.6) is 0 Å². The van der Waals surface area contributed by atoms with Crippen LogP contribution in [0.15, 0.2) is 23.7 Å². The van der Waals surface area contributed by atoms with E-state index in [1.54, 1.807) is 6.20 Å². The number of thiazole rings is 1. The third-order valence-electron chi connectivity index (χ3n) is 1.94. The third-order valence-corrected chi connectivity index (χ3v) is 3.22. The second-order valence-electron chi connectivity index (χ2n) is 3.08. The molecule has 0 fully saturated rings. The van der Waals surface area contributed by atoms with E-state index in [1.165, 1.54) is 23.5 Å². The van der Waals surface area contributed by atoms with Crippen LogP contribution in [0.3, 0.4) is 0 Å². The van der Waals surface area contributed by atoms with Gasteiger partial charge in [-0.25, -0.2) is 9.97 Å². The molecule has 0 atom stereocenters. The highest BCUT2D eigenvalue weighted by atomic mass is 35.5. The fourth-order valence-electron chi connectivity index (χ4n) is 1.17. The van der Waals surface area contributed by atoms with Gasteiger partial charge in [0.15, 0.2) is 0 Å².